The minimum atomic E-state index is -0.991. The highest BCUT2D eigenvalue weighted by Gasteiger charge is 2.18. The van der Waals surface area contributed by atoms with Crippen LogP contribution in [0.5, 0.6) is 0 Å². The van der Waals surface area contributed by atoms with Crippen LogP contribution in [0.2, 0.25) is 0 Å². The predicted molar refractivity (Wildman–Crippen MR) is 109 cm³/mol. The van der Waals surface area contributed by atoms with Crippen molar-refractivity contribution in [3.63, 3.8) is 0 Å². The summed E-state index contributed by atoms with van der Waals surface area (Å²) in [6.07, 6.45) is 0. The van der Waals surface area contributed by atoms with Gasteiger partial charge in [-0.1, -0.05) is 28.1 Å². The summed E-state index contributed by atoms with van der Waals surface area (Å²) in [7, 11) is 3.72. The van der Waals surface area contributed by atoms with Crippen molar-refractivity contribution in [3.8, 4) is 0 Å². The lowest BCUT2D eigenvalue weighted by Crippen LogP contribution is -2.24. The summed E-state index contributed by atoms with van der Waals surface area (Å²) < 4.78 is 4.19. The fourth-order valence-corrected chi connectivity index (χ4v) is 3.50. The number of halogens is 1. The monoisotopic (exact) mass is 441 g/mol. The summed E-state index contributed by atoms with van der Waals surface area (Å²) in [4.78, 5) is 26.1. The lowest BCUT2D eigenvalue weighted by molar-refractivity contribution is 0.0697. The zero-order valence-corrected chi connectivity index (χ0v) is 16.7. The Bertz CT molecular complexity index is 1270. The number of rotatable bonds is 4. The molecule has 0 aliphatic rings. The highest BCUT2D eigenvalue weighted by atomic mass is 79.9. The largest absolute Gasteiger partial charge is 0.478 e. The molecule has 0 aliphatic carbocycles. The van der Waals surface area contributed by atoms with Crippen LogP contribution in [0.3, 0.4) is 0 Å². The van der Waals surface area contributed by atoms with Gasteiger partial charge in [-0.15, -0.1) is 10.2 Å². The minimum Gasteiger partial charge on any atom is -0.478 e. The lowest BCUT2D eigenvalue weighted by Gasteiger charge is -2.14. The Hall–Kier alpha value is -3.20. The van der Waals surface area contributed by atoms with Gasteiger partial charge in [-0.25, -0.2) is 9.20 Å². The van der Waals surface area contributed by atoms with Crippen molar-refractivity contribution in [3.05, 3.63) is 68.4 Å². The SMILES string of the molecule is CN(C)c1nnc2n(Cc3ccc(C(=O)O)cc3)c(=O)c3cc(Br)ccc3n12. The molecule has 0 fully saturated rings. The number of carboxylic acids is 1. The van der Waals surface area contributed by atoms with Gasteiger partial charge in [0, 0.05) is 18.6 Å². The standard InChI is InChI=1S/C19H16BrN5O3/c1-23(2)18-21-22-19-24(10-11-3-5-12(6-4-11)17(27)28)16(26)14-9-13(20)7-8-15(14)25(18)19/h3-9H,10H2,1-2H3,(H,27,28). The average Bonchev–Trinajstić information content (AvgIpc) is 3.10. The molecule has 4 rings (SSSR count). The van der Waals surface area contributed by atoms with Gasteiger partial charge in [0.05, 0.1) is 23.0 Å². The molecule has 0 spiro atoms. The van der Waals surface area contributed by atoms with Crippen LogP contribution in [-0.4, -0.2) is 44.3 Å². The molecule has 0 unspecified atom stereocenters. The van der Waals surface area contributed by atoms with Crippen molar-refractivity contribution in [1.29, 1.82) is 0 Å². The summed E-state index contributed by atoms with van der Waals surface area (Å²) in [6, 6.07) is 11.9. The van der Waals surface area contributed by atoms with Crippen molar-refractivity contribution in [2.24, 2.45) is 0 Å². The van der Waals surface area contributed by atoms with E-state index in [0.717, 1.165) is 15.6 Å². The number of aromatic nitrogens is 4. The molecule has 8 nitrogen and oxygen atoms in total. The molecule has 1 N–H and O–H groups in total. The van der Waals surface area contributed by atoms with Crippen LogP contribution >= 0.6 is 15.9 Å². The third-order valence-corrected chi connectivity index (χ3v) is 4.98. The molecule has 0 bridgehead atoms. The van der Waals surface area contributed by atoms with Crippen LogP contribution < -0.4 is 10.5 Å². The molecule has 0 saturated heterocycles. The van der Waals surface area contributed by atoms with Crippen molar-refractivity contribution >= 4 is 44.5 Å². The van der Waals surface area contributed by atoms with E-state index in [9.17, 15) is 9.59 Å². The van der Waals surface area contributed by atoms with E-state index >= 15 is 0 Å². The first kappa shape index (κ1) is 18.2. The fraction of sp³-hybridized carbons (Fsp3) is 0.158. The Morgan fingerprint density at radius 1 is 1.14 bits per heavy atom. The zero-order valence-electron chi connectivity index (χ0n) is 15.1. The maximum absolute atomic E-state index is 13.2. The average molecular weight is 442 g/mol. The number of aromatic carboxylic acids is 1. The van der Waals surface area contributed by atoms with Gasteiger partial charge < -0.3 is 10.0 Å². The second-order valence-corrected chi connectivity index (χ2v) is 7.50. The van der Waals surface area contributed by atoms with Gasteiger partial charge in [0.25, 0.3) is 5.56 Å². The minimum absolute atomic E-state index is 0.191. The van der Waals surface area contributed by atoms with Crippen LogP contribution in [0, 0.1) is 0 Å². The highest BCUT2D eigenvalue weighted by molar-refractivity contribution is 9.10. The Kier molecular flexibility index (Phi) is 4.38. The molecule has 2 aromatic carbocycles. The van der Waals surface area contributed by atoms with Crippen LogP contribution in [0.15, 0.2) is 51.7 Å². The molecule has 2 aromatic heterocycles. The Labute approximate surface area is 167 Å². The van der Waals surface area contributed by atoms with Crippen molar-refractivity contribution in [2.45, 2.75) is 6.54 Å². The molecule has 4 aromatic rings. The zero-order chi connectivity index (χ0) is 20.0. The number of hydrogen-bond acceptors (Lipinski definition) is 5. The molecule has 0 amide bonds. The number of nitrogens with zero attached hydrogens (tertiary/aromatic N) is 5. The second kappa shape index (κ2) is 6.75. The van der Waals surface area contributed by atoms with E-state index in [-0.39, 0.29) is 17.7 Å². The van der Waals surface area contributed by atoms with Gasteiger partial charge in [-0.3, -0.25) is 9.36 Å². The molecular weight excluding hydrogens is 426 g/mol. The molecule has 142 valence electrons. The lowest BCUT2D eigenvalue weighted by atomic mass is 10.1. The molecule has 0 radical (unpaired) electrons. The molecule has 9 heteroatoms. The van der Waals surface area contributed by atoms with Gasteiger partial charge >= 0.3 is 5.97 Å². The fourth-order valence-electron chi connectivity index (χ4n) is 3.14. The normalized spacial score (nSPS) is 11.2. The predicted octanol–water partition coefficient (Wildman–Crippen LogP) is 2.62. The van der Waals surface area contributed by atoms with Gasteiger partial charge in [0.15, 0.2) is 0 Å². The van der Waals surface area contributed by atoms with Crippen LogP contribution in [-0.2, 0) is 6.54 Å². The number of benzene rings is 2. The van der Waals surface area contributed by atoms with Gasteiger partial charge in [-0.05, 0) is 35.9 Å². The first-order chi connectivity index (χ1) is 13.4. The number of hydrogen-bond donors (Lipinski definition) is 1. The quantitative estimate of drug-likeness (QED) is 0.523. The molecule has 0 saturated carbocycles. The Morgan fingerprint density at radius 3 is 2.50 bits per heavy atom. The van der Waals surface area contributed by atoms with Gasteiger partial charge in [0.1, 0.15) is 0 Å². The molecule has 28 heavy (non-hydrogen) atoms. The molecule has 0 aliphatic heterocycles. The number of carboxylic acid groups (broad SMARTS) is 1. The Morgan fingerprint density at radius 2 is 1.86 bits per heavy atom. The van der Waals surface area contributed by atoms with E-state index in [1.165, 1.54) is 12.1 Å². The summed E-state index contributed by atoms with van der Waals surface area (Å²) in [5.41, 5.74) is 1.51. The maximum atomic E-state index is 13.2. The van der Waals surface area contributed by atoms with E-state index in [4.69, 9.17) is 5.11 Å². The van der Waals surface area contributed by atoms with E-state index in [2.05, 4.69) is 26.1 Å². The third kappa shape index (κ3) is 2.93. The Balaban J connectivity index is 1.97. The van der Waals surface area contributed by atoms with Gasteiger partial charge in [0.2, 0.25) is 11.7 Å². The topological polar surface area (TPSA) is 92.7 Å². The second-order valence-electron chi connectivity index (χ2n) is 6.58. The molecule has 0 atom stereocenters. The first-order valence-electron chi connectivity index (χ1n) is 8.43. The third-order valence-electron chi connectivity index (χ3n) is 4.49. The van der Waals surface area contributed by atoms with Crippen molar-refractivity contribution in [1.82, 2.24) is 19.2 Å². The van der Waals surface area contributed by atoms with Crippen LogP contribution in [0.1, 0.15) is 15.9 Å². The molecular formula is C19H16BrN5O3. The van der Waals surface area contributed by atoms with E-state index in [1.807, 2.05) is 35.5 Å². The number of carbonyl (C=O) groups is 1. The summed E-state index contributed by atoms with van der Waals surface area (Å²) in [6.45, 7) is 0.246. The van der Waals surface area contributed by atoms with Crippen LogP contribution in [0.4, 0.5) is 5.95 Å². The summed E-state index contributed by atoms with van der Waals surface area (Å²) >= 11 is 3.43. The van der Waals surface area contributed by atoms with Gasteiger partial charge in [-0.2, -0.15) is 0 Å². The number of anilines is 1. The first-order valence-corrected chi connectivity index (χ1v) is 9.23. The molecule has 2 heterocycles. The number of fused-ring (bicyclic) bond motifs is 3. The van der Waals surface area contributed by atoms with Crippen molar-refractivity contribution in [2.75, 3.05) is 19.0 Å². The van der Waals surface area contributed by atoms with E-state index in [1.54, 1.807) is 22.8 Å². The van der Waals surface area contributed by atoms with Crippen molar-refractivity contribution < 1.29 is 9.90 Å². The van der Waals surface area contributed by atoms with E-state index < -0.39 is 5.97 Å². The maximum Gasteiger partial charge on any atom is 0.335 e. The summed E-state index contributed by atoms with van der Waals surface area (Å²) in [5, 5.41) is 18.1. The van der Waals surface area contributed by atoms with Crippen LogP contribution in [0.25, 0.3) is 16.7 Å². The highest BCUT2D eigenvalue weighted by Crippen LogP contribution is 2.22. The summed E-state index contributed by atoms with van der Waals surface area (Å²) in [5.74, 6) is 0.0397. The van der Waals surface area contributed by atoms with E-state index in [0.29, 0.717) is 17.1 Å². The smallest absolute Gasteiger partial charge is 0.335 e.